The van der Waals surface area contributed by atoms with E-state index in [9.17, 15) is 8.42 Å². The molecule has 20 heavy (non-hydrogen) atoms. The molecule has 0 aromatic rings. The van der Waals surface area contributed by atoms with Gasteiger partial charge in [-0.25, -0.2) is 0 Å². The average molecular weight is 301 g/mol. The highest BCUT2D eigenvalue weighted by molar-refractivity contribution is 7.86. The summed E-state index contributed by atoms with van der Waals surface area (Å²) in [6.07, 6.45) is 8.43. The van der Waals surface area contributed by atoms with E-state index in [0.717, 1.165) is 32.5 Å². The molecule has 1 aliphatic carbocycles. The summed E-state index contributed by atoms with van der Waals surface area (Å²) in [5.74, 6) is 0.601. The molecular formula is C14H27N3O2S. The second-order valence-corrected chi connectivity index (χ2v) is 8.26. The van der Waals surface area contributed by atoms with Gasteiger partial charge in [0.05, 0.1) is 0 Å². The van der Waals surface area contributed by atoms with Crippen LogP contribution in [0.25, 0.3) is 0 Å². The van der Waals surface area contributed by atoms with Gasteiger partial charge in [0.15, 0.2) is 0 Å². The highest BCUT2D eigenvalue weighted by Gasteiger charge is 2.41. The van der Waals surface area contributed by atoms with Crippen molar-refractivity contribution in [2.45, 2.75) is 51.0 Å². The van der Waals surface area contributed by atoms with E-state index in [2.05, 4.69) is 5.32 Å². The van der Waals surface area contributed by atoms with Crippen LogP contribution in [0.4, 0.5) is 0 Å². The average Bonchev–Trinajstić information content (AvgIpc) is 2.99. The van der Waals surface area contributed by atoms with Gasteiger partial charge in [-0.2, -0.15) is 17.0 Å². The SMILES string of the molecule is O=S(=O)(N1CCNCC1)N1CCCC1C1CCCCC1. The van der Waals surface area contributed by atoms with Crippen molar-refractivity contribution in [2.75, 3.05) is 32.7 Å². The first-order valence-corrected chi connectivity index (χ1v) is 9.57. The molecule has 3 aliphatic rings. The van der Waals surface area contributed by atoms with Gasteiger partial charge in [0, 0.05) is 38.8 Å². The Morgan fingerprint density at radius 2 is 1.55 bits per heavy atom. The molecule has 2 saturated heterocycles. The first-order chi connectivity index (χ1) is 9.69. The Morgan fingerprint density at radius 3 is 2.25 bits per heavy atom. The zero-order chi connectivity index (χ0) is 14.0. The van der Waals surface area contributed by atoms with Crippen molar-refractivity contribution < 1.29 is 8.42 Å². The summed E-state index contributed by atoms with van der Waals surface area (Å²) < 4.78 is 29.3. The maximum absolute atomic E-state index is 12.9. The predicted octanol–water partition coefficient (Wildman–Crippen LogP) is 1.18. The van der Waals surface area contributed by atoms with Crippen molar-refractivity contribution in [2.24, 2.45) is 5.92 Å². The van der Waals surface area contributed by atoms with E-state index < -0.39 is 10.2 Å². The summed E-state index contributed by atoms with van der Waals surface area (Å²) in [5, 5.41) is 3.23. The van der Waals surface area contributed by atoms with Crippen LogP contribution in [0.5, 0.6) is 0 Å². The third-order valence-electron chi connectivity index (χ3n) is 5.14. The minimum absolute atomic E-state index is 0.273. The fourth-order valence-electron chi connectivity index (χ4n) is 4.07. The van der Waals surface area contributed by atoms with Crippen LogP contribution < -0.4 is 5.32 Å². The molecule has 116 valence electrons. The van der Waals surface area contributed by atoms with E-state index in [1.807, 2.05) is 4.31 Å². The zero-order valence-electron chi connectivity index (χ0n) is 12.3. The molecule has 3 fully saturated rings. The Balaban J connectivity index is 1.73. The van der Waals surface area contributed by atoms with Crippen molar-refractivity contribution in [3.05, 3.63) is 0 Å². The van der Waals surface area contributed by atoms with Crippen LogP contribution in [-0.2, 0) is 10.2 Å². The fourth-order valence-corrected chi connectivity index (χ4v) is 5.99. The van der Waals surface area contributed by atoms with Crippen LogP contribution in [-0.4, -0.2) is 55.8 Å². The number of hydrogen-bond acceptors (Lipinski definition) is 3. The van der Waals surface area contributed by atoms with Gasteiger partial charge >= 0.3 is 0 Å². The fraction of sp³-hybridized carbons (Fsp3) is 1.00. The standard InChI is InChI=1S/C14H27N3O2S/c18-20(19,16-11-8-15-9-12-16)17-10-4-7-14(17)13-5-2-1-3-6-13/h13-15H,1-12H2. The molecule has 5 nitrogen and oxygen atoms in total. The Kier molecular flexibility index (Phi) is 4.65. The molecule has 6 heteroatoms. The summed E-state index contributed by atoms with van der Waals surface area (Å²) in [6, 6.07) is 0.273. The number of hydrogen-bond donors (Lipinski definition) is 1. The Morgan fingerprint density at radius 1 is 0.850 bits per heavy atom. The lowest BCUT2D eigenvalue weighted by Gasteiger charge is -2.37. The van der Waals surface area contributed by atoms with Gasteiger partial charge in [-0.3, -0.25) is 0 Å². The maximum Gasteiger partial charge on any atom is 0.282 e. The Hall–Kier alpha value is -0.170. The van der Waals surface area contributed by atoms with Crippen LogP contribution in [0.1, 0.15) is 44.9 Å². The molecule has 0 bridgehead atoms. The van der Waals surface area contributed by atoms with Crippen LogP contribution in [0, 0.1) is 5.92 Å². The Labute approximate surface area is 122 Å². The monoisotopic (exact) mass is 301 g/mol. The molecule has 1 atom stereocenters. The Bertz CT molecular complexity index is 414. The molecule has 2 heterocycles. The topological polar surface area (TPSA) is 52.7 Å². The third kappa shape index (κ3) is 2.89. The lowest BCUT2D eigenvalue weighted by Crippen LogP contribution is -2.53. The van der Waals surface area contributed by atoms with Gasteiger partial charge < -0.3 is 5.32 Å². The highest BCUT2D eigenvalue weighted by Crippen LogP contribution is 2.36. The summed E-state index contributed by atoms with van der Waals surface area (Å²) in [4.78, 5) is 0. The molecule has 0 radical (unpaired) electrons. The van der Waals surface area contributed by atoms with E-state index in [0.29, 0.717) is 19.0 Å². The van der Waals surface area contributed by atoms with Crippen LogP contribution in [0.15, 0.2) is 0 Å². The molecular weight excluding hydrogens is 274 g/mol. The van der Waals surface area contributed by atoms with Crippen molar-refractivity contribution in [3.8, 4) is 0 Å². The van der Waals surface area contributed by atoms with Gasteiger partial charge in [-0.15, -0.1) is 0 Å². The van der Waals surface area contributed by atoms with Gasteiger partial charge in [0.2, 0.25) is 0 Å². The van der Waals surface area contributed by atoms with Crippen molar-refractivity contribution >= 4 is 10.2 Å². The first-order valence-electron chi connectivity index (χ1n) is 8.17. The van der Waals surface area contributed by atoms with Crippen molar-refractivity contribution in [1.82, 2.24) is 13.9 Å². The van der Waals surface area contributed by atoms with Gasteiger partial charge in [0.25, 0.3) is 10.2 Å². The van der Waals surface area contributed by atoms with Crippen molar-refractivity contribution in [1.29, 1.82) is 0 Å². The van der Waals surface area contributed by atoms with E-state index in [4.69, 9.17) is 0 Å². The molecule has 1 saturated carbocycles. The lowest BCUT2D eigenvalue weighted by atomic mass is 9.83. The van der Waals surface area contributed by atoms with Gasteiger partial charge in [-0.05, 0) is 31.6 Å². The van der Waals surface area contributed by atoms with Crippen LogP contribution in [0.2, 0.25) is 0 Å². The third-order valence-corrected chi connectivity index (χ3v) is 7.20. The van der Waals surface area contributed by atoms with Crippen LogP contribution >= 0.6 is 0 Å². The molecule has 3 rings (SSSR count). The largest absolute Gasteiger partial charge is 0.314 e. The minimum Gasteiger partial charge on any atom is -0.314 e. The summed E-state index contributed by atoms with van der Waals surface area (Å²) >= 11 is 0. The molecule has 0 aromatic heterocycles. The number of piperazine rings is 1. The number of rotatable bonds is 3. The smallest absolute Gasteiger partial charge is 0.282 e. The molecule has 2 aliphatic heterocycles. The first kappa shape index (κ1) is 14.8. The predicted molar refractivity (Wildman–Crippen MR) is 79.7 cm³/mol. The second kappa shape index (κ2) is 6.30. The molecule has 0 spiro atoms. The molecule has 0 aromatic carbocycles. The number of nitrogens with one attached hydrogen (secondary N) is 1. The van der Waals surface area contributed by atoms with E-state index in [1.54, 1.807) is 4.31 Å². The van der Waals surface area contributed by atoms with Gasteiger partial charge in [0.1, 0.15) is 0 Å². The quantitative estimate of drug-likeness (QED) is 0.852. The second-order valence-electron chi connectivity index (χ2n) is 6.38. The van der Waals surface area contributed by atoms with Crippen molar-refractivity contribution in [3.63, 3.8) is 0 Å². The minimum atomic E-state index is -3.23. The molecule has 1 N–H and O–H groups in total. The molecule has 0 amide bonds. The summed E-state index contributed by atoms with van der Waals surface area (Å²) in [5.41, 5.74) is 0. The summed E-state index contributed by atoms with van der Waals surface area (Å²) in [7, 11) is -3.23. The maximum atomic E-state index is 12.9. The van der Waals surface area contributed by atoms with E-state index in [1.165, 1.54) is 32.1 Å². The number of nitrogens with zero attached hydrogens (tertiary/aromatic N) is 2. The summed E-state index contributed by atoms with van der Waals surface area (Å²) in [6.45, 7) is 3.53. The van der Waals surface area contributed by atoms with Gasteiger partial charge in [-0.1, -0.05) is 19.3 Å². The lowest BCUT2D eigenvalue weighted by molar-refractivity contribution is 0.212. The highest BCUT2D eigenvalue weighted by atomic mass is 32.2. The van der Waals surface area contributed by atoms with E-state index in [-0.39, 0.29) is 6.04 Å². The van der Waals surface area contributed by atoms with Crippen LogP contribution in [0.3, 0.4) is 0 Å². The molecule has 1 unspecified atom stereocenters. The zero-order valence-corrected chi connectivity index (χ0v) is 13.1. The van der Waals surface area contributed by atoms with E-state index >= 15 is 0 Å². The normalized spacial score (nSPS) is 31.7.